The van der Waals surface area contributed by atoms with Crippen molar-refractivity contribution in [3.8, 4) is 16.6 Å². The van der Waals surface area contributed by atoms with Gasteiger partial charge in [0.05, 0.1) is 21.9 Å². The summed E-state index contributed by atoms with van der Waals surface area (Å²) in [4.78, 5) is 23.7. The number of rotatable bonds is 7. The van der Waals surface area contributed by atoms with E-state index in [9.17, 15) is 9.90 Å². The van der Waals surface area contributed by atoms with Crippen LogP contribution in [0.15, 0.2) is 12.1 Å². The Morgan fingerprint density at radius 2 is 2.18 bits per heavy atom. The van der Waals surface area contributed by atoms with E-state index in [1.54, 1.807) is 13.2 Å². The third-order valence-corrected chi connectivity index (χ3v) is 6.22. The molecule has 9 heteroatoms. The summed E-state index contributed by atoms with van der Waals surface area (Å²) in [5.74, 6) is 0.319. The predicted octanol–water partition coefficient (Wildman–Crippen LogP) is 4.02. The van der Waals surface area contributed by atoms with E-state index in [1.165, 1.54) is 25.2 Å². The number of thiophene rings is 1. The van der Waals surface area contributed by atoms with Crippen molar-refractivity contribution < 1.29 is 19.4 Å². The lowest BCUT2D eigenvalue weighted by Gasteiger charge is -2.27. The standard InChI is InChI=1S/C19H24ClN3O4S/c1-11-8-13(28-16(11)20)17-21-14(23-7-5-6-12(23)10-26-4)9-15(22-17)27-19(2,3)18(24)25/h8-9,12H,5-7,10H2,1-4H3,(H,24,25)/t12-/m0/s1. The minimum atomic E-state index is -1.41. The van der Waals surface area contributed by atoms with E-state index >= 15 is 0 Å². The van der Waals surface area contributed by atoms with Crippen LogP contribution in [0.3, 0.4) is 0 Å². The quantitative estimate of drug-likeness (QED) is 0.716. The molecule has 0 saturated carbocycles. The molecule has 2 aromatic rings. The Hall–Kier alpha value is -1.90. The second-order valence-electron chi connectivity index (χ2n) is 7.32. The van der Waals surface area contributed by atoms with Gasteiger partial charge in [0, 0.05) is 19.7 Å². The molecule has 0 amide bonds. The van der Waals surface area contributed by atoms with Crippen LogP contribution in [-0.4, -0.2) is 52.9 Å². The number of carboxylic acids is 1. The average molecular weight is 426 g/mol. The first-order valence-corrected chi connectivity index (χ1v) is 10.2. The minimum absolute atomic E-state index is 0.210. The molecule has 2 aromatic heterocycles. The maximum atomic E-state index is 11.5. The number of carboxylic acid groups (broad SMARTS) is 1. The summed E-state index contributed by atoms with van der Waals surface area (Å²) in [5.41, 5.74) is -0.467. The van der Waals surface area contributed by atoms with Crippen molar-refractivity contribution in [3.63, 3.8) is 0 Å². The number of aromatic nitrogens is 2. The Balaban J connectivity index is 2.04. The SMILES string of the molecule is COC[C@@H]1CCCN1c1cc(OC(C)(C)C(=O)O)nc(-c2cc(C)c(Cl)s2)n1. The molecule has 0 unspecified atom stereocenters. The number of hydrogen-bond acceptors (Lipinski definition) is 7. The number of ether oxygens (including phenoxy) is 2. The monoisotopic (exact) mass is 425 g/mol. The van der Waals surface area contributed by atoms with Gasteiger partial charge in [0.1, 0.15) is 5.82 Å². The van der Waals surface area contributed by atoms with Crippen LogP contribution in [0.4, 0.5) is 5.82 Å². The van der Waals surface area contributed by atoms with Crippen LogP contribution >= 0.6 is 22.9 Å². The molecule has 0 aromatic carbocycles. The highest BCUT2D eigenvalue weighted by atomic mass is 35.5. The summed E-state index contributed by atoms with van der Waals surface area (Å²) >= 11 is 7.61. The van der Waals surface area contributed by atoms with Crippen LogP contribution < -0.4 is 9.64 Å². The van der Waals surface area contributed by atoms with Crippen LogP contribution in [0.25, 0.3) is 10.7 Å². The fraction of sp³-hybridized carbons (Fsp3) is 0.526. The number of hydrogen-bond donors (Lipinski definition) is 1. The zero-order valence-electron chi connectivity index (χ0n) is 16.4. The highest BCUT2D eigenvalue weighted by Gasteiger charge is 2.32. The molecule has 0 spiro atoms. The van der Waals surface area contributed by atoms with Gasteiger partial charge in [-0.1, -0.05) is 11.6 Å². The maximum absolute atomic E-state index is 11.5. The van der Waals surface area contributed by atoms with Gasteiger partial charge in [-0.2, -0.15) is 4.98 Å². The molecule has 152 valence electrons. The van der Waals surface area contributed by atoms with Gasteiger partial charge in [0.15, 0.2) is 5.82 Å². The molecule has 1 aliphatic heterocycles. The normalized spacial score (nSPS) is 17.2. The second-order valence-corrected chi connectivity index (χ2v) is 8.97. The molecule has 1 saturated heterocycles. The fourth-order valence-corrected chi connectivity index (χ4v) is 4.24. The van der Waals surface area contributed by atoms with Crippen molar-refractivity contribution in [3.05, 3.63) is 22.0 Å². The Kier molecular flexibility index (Phi) is 6.12. The minimum Gasteiger partial charge on any atom is -0.478 e. The molecular formula is C19H24ClN3O4S. The lowest BCUT2D eigenvalue weighted by molar-refractivity contribution is -0.152. The molecule has 1 aliphatic rings. The Bertz CT molecular complexity index is 851. The molecule has 7 nitrogen and oxygen atoms in total. The molecular weight excluding hydrogens is 402 g/mol. The van der Waals surface area contributed by atoms with E-state index in [-0.39, 0.29) is 11.9 Å². The second kappa shape index (κ2) is 8.23. The zero-order chi connectivity index (χ0) is 20.5. The lowest BCUT2D eigenvalue weighted by atomic mass is 10.1. The van der Waals surface area contributed by atoms with Crippen LogP contribution in [-0.2, 0) is 9.53 Å². The van der Waals surface area contributed by atoms with Gasteiger partial charge < -0.3 is 19.5 Å². The van der Waals surface area contributed by atoms with Crippen molar-refractivity contribution in [2.24, 2.45) is 0 Å². The molecule has 3 heterocycles. The van der Waals surface area contributed by atoms with Gasteiger partial charge in [-0.05, 0) is 45.2 Å². The molecule has 1 atom stereocenters. The van der Waals surface area contributed by atoms with Gasteiger partial charge in [-0.3, -0.25) is 0 Å². The molecule has 0 radical (unpaired) electrons. The van der Waals surface area contributed by atoms with Gasteiger partial charge in [-0.15, -0.1) is 11.3 Å². The van der Waals surface area contributed by atoms with E-state index in [2.05, 4.69) is 9.88 Å². The molecule has 1 fully saturated rings. The Morgan fingerprint density at radius 3 is 2.79 bits per heavy atom. The van der Waals surface area contributed by atoms with Gasteiger partial charge in [0.25, 0.3) is 0 Å². The highest BCUT2D eigenvalue weighted by Crippen LogP contribution is 2.36. The summed E-state index contributed by atoms with van der Waals surface area (Å²) in [6.07, 6.45) is 2.04. The Labute approximate surface area is 173 Å². The number of halogens is 1. The number of carbonyl (C=O) groups is 1. The first-order chi connectivity index (χ1) is 13.2. The summed E-state index contributed by atoms with van der Waals surface area (Å²) in [6.45, 7) is 6.35. The van der Waals surface area contributed by atoms with E-state index < -0.39 is 11.6 Å². The van der Waals surface area contributed by atoms with Crippen molar-refractivity contribution in [1.29, 1.82) is 0 Å². The van der Waals surface area contributed by atoms with E-state index in [4.69, 9.17) is 26.1 Å². The van der Waals surface area contributed by atoms with Crippen LogP contribution in [0.1, 0.15) is 32.3 Å². The number of anilines is 1. The highest BCUT2D eigenvalue weighted by molar-refractivity contribution is 7.19. The molecule has 28 heavy (non-hydrogen) atoms. The molecule has 0 bridgehead atoms. The van der Waals surface area contributed by atoms with Crippen LogP contribution in [0.2, 0.25) is 4.34 Å². The third kappa shape index (κ3) is 4.39. The number of methoxy groups -OCH3 is 1. The third-order valence-electron chi connectivity index (χ3n) is 4.67. The van der Waals surface area contributed by atoms with Crippen molar-refractivity contribution in [1.82, 2.24) is 9.97 Å². The molecule has 0 aliphatic carbocycles. The van der Waals surface area contributed by atoms with Gasteiger partial charge in [0.2, 0.25) is 11.5 Å². The van der Waals surface area contributed by atoms with E-state index in [0.717, 1.165) is 29.8 Å². The molecule has 1 N–H and O–H groups in total. The smallest absolute Gasteiger partial charge is 0.347 e. The number of aryl methyl sites for hydroxylation is 1. The summed E-state index contributed by atoms with van der Waals surface area (Å²) in [6, 6.07) is 3.83. The summed E-state index contributed by atoms with van der Waals surface area (Å²) in [7, 11) is 1.68. The first kappa shape index (κ1) is 20.8. The Morgan fingerprint density at radius 1 is 1.43 bits per heavy atom. The van der Waals surface area contributed by atoms with Gasteiger partial charge in [-0.25, -0.2) is 9.78 Å². The molecule has 3 rings (SSSR count). The first-order valence-electron chi connectivity index (χ1n) is 9.04. The number of aliphatic carboxylic acids is 1. The topological polar surface area (TPSA) is 84.8 Å². The maximum Gasteiger partial charge on any atom is 0.347 e. The van der Waals surface area contributed by atoms with E-state index in [0.29, 0.717) is 22.6 Å². The van der Waals surface area contributed by atoms with E-state index in [1.807, 2.05) is 13.0 Å². The fourth-order valence-electron chi connectivity index (χ4n) is 3.10. The summed E-state index contributed by atoms with van der Waals surface area (Å²) in [5, 5.41) is 9.41. The lowest BCUT2D eigenvalue weighted by Crippen LogP contribution is -2.38. The van der Waals surface area contributed by atoms with Crippen molar-refractivity contribution in [2.45, 2.75) is 45.3 Å². The van der Waals surface area contributed by atoms with Crippen molar-refractivity contribution in [2.75, 3.05) is 25.2 Å². The number of nitrogens with zero attached hydrogens (tertiary/aromatic N) is 3. The van der Waals surface area contributed by atoms with Gasteiger partial charge >= 0.3 is 5.97 Å². The van der Waals surface area contributed by atoms with Crippen LogP contribution in [0.5, 0.6) is 5.88 Å². The summed E-state index contributed by atoms with van der Waals surface area (Å²) < 4.78 is 11.7. The largest absolute Gasteiger partial charge is 0.478 e. The van der Waals surface area contributed by atoms with Crippen molar-refractivity contribution >= 4 is 34.7 Å². The average Bonchev–Trinajstić information content (AvgIpc) is 3.21. The zero-order valence-corrected chi connectivity index (χ0v) is 17.9. The van der Waals surface area contributed by atoms with Crippen LogP contribution in [0, 0.1) is 6.92 Å². The predicted molar refractivity (Wildman–Crippen MR) is 110 cm³/mol.